The molecule has 2 atom stereocenters. The van der Waals surface area contributed by atoms with E-state index in [0.29, 0.717) is 0 Å². The molecule has 3 heterocycles. The third-order valence-electron chi connectivity index (χ3n) is 4.76. The molecular weight excluding hydrogens is 290 g/mol. The molecule has 5 heteroatoms. The molecule has 1 aromatic heterocycles. The topological polar surface area (TPSA) is 55.3 Å². The summed E-state index contributed by atoms with van der Waals surface area (Å²) < 4.78 is 5.69. The van der Waals surface area contributed by atoms with Gasteiger partial charge in [0, 0.05) is 24.2 Å². The number of benzene rings is 1. The summed E-state index contributed by atoms with van der Waals surface area (Å²) in [5.41, 5.74) is 3.32. The van der Waals surface area contributed by atoms with Crippen LogP contribution in [0.1, 0.15) is 35.7 Å². The monoisotopic (exact) mass is 309 g/mol. The molecule has 118 valence electrons. The van der Waals surface area contributed by atoms with Crippen molar-refractivity contribution in [3.8, 4) is 5.75 Å². The van der Waals surface area contributed by atoms with Gasteiger partial charge >= 0.3 is 0 Å². The Morgan fingerprint density at radius 1 is 1.39 bits per heavy atom. The van der Waals surface area contributed by atoms with Crippen LogP contribution in [0.5, 0.6) is 5.75 Å². The highest BCUT2D eigenvalue weighted by Crippen LogP contribution is 2.42. The van der Waals surface area contributed by atoms with E-state index in [1.54, 1.807) is 6.33 Å². The van der Waals surface area contributed by atoms with Crippen molar-refractivity contribution in [1.82, 2.24) is 14.9 Å². The zero-order valence-electron chi connectivity index (χ0n) is 13.1. The predicted octanol–water partition coefficient (Wildman–Crippen LogP) is 2.45. The molecule has 2 aliphatic heterocycles. The van der Waals surface area contributed by atoms with Crippen LogP contribution in [0.2, 0.25) is 0 Å². The van der Waals surface area contributed by atoms with Crippen molar-refractivity contribution in [2.45, 2.75) is 38.3 Å². The molecule has 1 aromatic carbocycles. The predicted molar refractivity (Wildman–Crippen MR) is 85.0 cm³/mol. The van der Waals surface area contributed by atoms with E-state index >= 15 is 0 Å². The lowest BCUT2D eigenvalue weighted by atomic mass is 9.99. The molecule has 1 amide bonds. The summed E-state index contributed by atoms with van der Waals surface area (Å²) in [6, 6.07) is 8.13. The van der Waals surface area contributed by atoms with Gasteiger partial charge in [-0.25, -0.2) is 9.97 Å². The molecule has 5 nitrogen and oxygen atoms in total. The summed E-state index contributed by atoms with van der Waals surface area (Å²) in [5, 5.41) is 0. The van der Waals surface area contributed by atoms with Crippen molar-refractivity contribution >= 4 is 5.91 Å². The van der Waals surface area contributed by atoms with Gasteiger partial charge in [-0.1, -0.05) is 12.1 Å². The SMILES string of the molecule is Cc1cccc(OCC(=O)N2C3CCC2c2cncnc2C3)c1. The standard InChI is InChI=1S/C18H19N3O2/c1-12-3-2-4-14(7-12)23-10-18(22)21-13-5-6-17(21)15-9-19-11-20-16(15)8-13/h2-4,7,9,11,13,17H,5-6,8,10H2,1H3. The third-order valence-corrected chi connectivity index (χ3v) is 4.76. The second-order valence-corrected chi connectivity index (χ2v) is 6.28. The van der Waals surface area contributed by atoms with Crippen LogP contribution in [0.3, 0.4) is 0 Å². The van der Waals surface area contributed by atoms with Gasteiger partial charge in [0.1, 0.15) is 12.1 Å². The van der Waals surface area contributed by atoms with Gasteiger partial charge in [-0.05, 0) is 37.5 Å². The number of aryl methyl sites for hydroxylation is 1. The Hall–Kier alpha value is -2.43. The summed E-state index contributed by atoms with van der Waals surface area (Å²) >= 11 is 0. The van der Waals surface area contributed by atoms with E-state index in [2.05, 4.69) is 9.97 Å². The van der Waals surface area contributed by atoms with E-state index in [1.807, 2.05) is 42.3 Å². The van der Waals surface area contributed by atoms with Gasteiger partial charge in [0.05, 0.1) is 11.7 Å². The molecule has 0 aliphatic carbocycles. The van der Waals surface area contributed by atoms with Crippen molar-refractivity contribution in [3.63, 3.8) is 0 Å². The maximum atomic E-state index is 12.7. The quantitative estimate of drug-likeness (QED) is 0.874. The van der Waals surface area contributed by atoms with Crippen LogP contribution in [0.4, 0.5) is 0 Å². The van der Waals surface area contributed by atoms with Gasteiger partial charge in [0.15, 0.2) is 6.61 Å². The molecule has 0 spiro atoms. The van der Waals surface area contributed by atoms with Gasteiger partial charge in [-0.15, -0.1) is 0 Å². The molecule has 2 aromatic rings. The van der Waals surface area contributed by atoms with E-state index in [-0.39, 0.29) is 24.6 Å². The van der Waals surface area contributed by atoms with Gasteiger partial charge in [0.2, 0.25) is 0 Å². The summed E-state index contributed by atoms with van der Waals surface area (Å²) in [6.45, 7) is 2.09. The van der Waals surface area contributed by atoms with Crippen LogP contribution < -0.4 is 4.74 Å². The van der Waals surface area contributed by atoms with Crippen LogP contribution in [0.15, 0.2) is 36.8 Å². The highest BCUT2D eigenvalue weighted by molar-refractivity contribution is 5.79. The Balaban J connectivity index is 1.49. The minimum atomic E-state index is 0.0495. The number of carbonyl (C=O) groups is 1. The van der Waals surface area contributed by atoms with Gasteiger partial charge in [-0.3, -0.25) is 4.79 Å². The number of nitrogens with zero attached hydrogens (tertiary/aromatic N) is 3. The zero-order chi connectivity index (χ0) is 15.8. The molecule has 4 rings (SSSR count). The van der Waals surface area contributed by atoms with Gasteiger partial charge in [0.25, 0.3) is 5.91 Å². The number of ether oxygens (including phenoxy) is 1. The Labute approximate surface area is 135 Å². The molecule has 1 fully saturated rings. The highest BCUT2D eigenvalue weighted by Gasteiger charge is 2.43. The Kier molecular flexibility index (Phi) is 3.48. The number of fused-ring (bicyclic) bond motifs is 4. The van der Waals surface area contributed by atoms with Gasteiger partial charge in [-0.2, -0.15) is 0 Å². The van der Waals surface area contributed by atoms with E-state index in [9.17, 15) is 4.79 Å². The number of hydrogen-bond donors (Lipinski definition) is 0. The lowest BCUT2D eigenvalue weighted by molar-refractivity contribution is -0.137. The lowest BCUT2D eigenvalue weighted by Crippen LogP contribution is -2.44. The molecule has 23 heavy (non-hydrogen) atoms. The largest absolute Gasteiger partial charge is 0.484 e. The lowest BCUT2D eigenvalue weighted by Gasteiger charge is -2.35. The smallest absolute Gasteiger partial charge is 0.261 e. The zero-order valence-corrected chi connectivity index (χ0v) is 13.1. The summed E-state index contributed by atoms with van der Waals surface area (Å²) in [4.78, 5) is 23.2. The first-order valence-corrected chi connectivity index (χ1v) is 8.02. The van der Waals surface area contributed by atoms with Gasteiger partial charge < -0.3 is 9.64 Å². The van der Waals surface area contributed by atoms with E-state index in [4.69, 9.17) is 4.74 Å². The number of rotatable bonds is 3. The van der Waals surface area contributed by atoms with E-state index in [1.165, 1.54) is 0 Å². The first-order valence-electron chi connectivity index (χ1n) is 8.02. The Morgan fingerprint density at radius 3 is 3.17 bits per heavy atom. The van der Waals surface area contributed by atoms with Crippen LogP contribution in [-0.4, -0.2) is 33.4 Å². The first kappa shape index (κ1) is 14.2. The maximum Gasteiger partial charge on any atom is 0.261 e. The molecular formula is C18H19N3O2. The second-order valence-electron chi connectivity index (χ2n) is 6.28. The normalized spacial score (nSPS) is 21.9. The van der Waals surface area contributed by atoms with Crippen molar-refractivity contribution in [1.29, 1.82) is 0 Å². The number of aromatic nitrogens is 2. The molecule has 2 unspecified atom stereocenters. The molecule has 2 aliphatic rings. The molecule has 2 bridgehead atoms. The number of amides is 1. The summed E-state index contributed by atoms with van der Waals surface area (Å²) in [6.07, 6.45) is 6.29. The highest BCUT2D eigenvalue weighted by atomic mass is 16.5. The molecule has 0 saturated carbocycles. The minimum absolute atomic E-state index is 0.0495. The van der Waals surface area contributed by atoms with Crippen LogP contribution in [0.25, 0.3) is 0 Å². The molecule has 1 saturated heterocycles. The average Bonchev–Trinajstić information content (AvgIpc) is 2.88. The Morgan fingerprint density at radius 2 is 2.30 bits per heavy atom. The van der Waals surface area contributed by atoms with Crippen molar-refractivity contribution in [2.75, 3.05) is 6.61 Å². The average molecular weight is 309 g/mol. The fourth-order valence-electron chi connectivity index (χ4n) is 3.73. The van der Waals surface area contributed by atoms with Crippen LogP contribution in [-0.2, 0) is 11.2 Å². The molecule has 0 radical (unpaired) electrons. The second kappa shape index (κ2) is 5.65. The van der Waals surface area contributed by atoms with Crippen molar-refractivity contribution < 1.29 is 9.53 Å². The van der Waals surface area contributed by atoms with E-state index < -0.39 is 0 Å². The number of carbonyl (C=O) groups excluding carboxylic acids is 1. The number of hydrogen-bond acceptors (Lipinski definition) is 4. The van der Waals surface area contributed by atoms with Crippen molar-refractivity contribution in [2.24, 2.45) is 0 Å². The Bertz CT molecular complexity index is 747. The third kappa shape index (κ3) is 2.56. The summed E-state index contributed by atoms with van der Waals surface area (Å²) in [5.74, 6) is 0.792. The molecule has 0 N–H and O–H groups in total. The van der Waals surface area contributed by atoms with E-state index in [0.717, 1.165) is 41.8 Å². The summed E-state index contributed by atoms with van der Waals surface area (Å²) in [7, 11) is 0. The van der Waals surface area contributed by atoms with Crippen molar-refractivity contribution in [3.05, 3.63) is 53.6 Å². The maximum absolute atomic E-state index is 12.7. The van der Waals surface area contributed by atoms with Crippen LogP contribution in [0, 0.1) is 6.92 Å². The fraction of sp³-hybridized carbons (Fsp3) is 0.389. The van der Waals surface area contributed by atoms with Crippen LogP contribution >= 0.6 is 0 Å². The fourth-order valence-corrected chi connectivity index (χ4v) is 3.73. The minimum Gasteiger partial charge on any atom is -0.484 e. The first-order chi connectivity index (χ1) is 11.2.